The lowest BCUT2D eigenvalue weighted by Crippen LogP contribution is -2.26. The van der Waals surface area contributed by atoms with Crippen molar-refractivity contribution in [3.8, 4) is 0 Å². The second-order valence-corrected chi connectivity index (χ2v) is 7.68. The molecule has 0 radical (unpaired) electrons. The Morgan fingerprint density at radius 3 is 2.66 bits per heavy atom. The highest BCUT2D eigenvalue weighted by molar-refractivity contribution is 5.94. The Labute approximate surface area is 170 Å². The maximum atomic E-state index is 12.8. The van der Waals surface area contributed by atoms with Crippen LogP contribution in [-0.4, -0.2) is 33.4 Å². The first-order valence-electron chi connectivity index (χ1n) is 10.1. The third-order valence-corrected chi connectivity index (χ3v) is 5.96. The molecule has 2 aliphatic rings. The summed E-state index contributed by atoms with van der Waals surface area (Å²) in [6.45, 7) is 2.44. The van der Waals surface area contributed by atoms with Crippen molar-refractivity contribution < 1.29 is 4.79 Å². The molecule has 1 N–H and O–H groups in total. The van der Waals surface area contributed by atoms with Gasteiger partial charge in [-0.1, -0.05) is 24.3 Å². The molecular weight excluding hydrogens is 360 g/mol. The third-order valence-electron chi connectivity index (χ3n) is 5.96. The Balaban J connectivity index is 1.28. The number of nitrogens with zero attached hydrogens (tertiary/aromatic N) is 3. The van der Waals surface area contributed by atoms with Gasteiger partial charge in [0, 0.05) is 31.4 Å². The Morgan fingerprint density at radius 1 is 1.10 bits per heavy atom. The van der Waals surface area contributed by atoms with Crippen LogP contribution in [0.2, 0.25) is 0 Å². The smallest absolute Gasteiger partial charge is 0.251 e. The molecule has 3 aromatic rings. The van der Waals surface area contributed by atoms with E-state index in [1.54, 1.807) is 0 Å². The van der Waals surface area contributed by atoms with Crippen LogP contribution in [0.1, 0.15) is 27.3 Å². The standard InChI is InChI=1S/C24H24N4O/c1-27-22-8-3-2-7-21(22)26-23(27)16-25-24(29)19-10-9-17-11-13-28(20-5-4-6-20)14-12-18(17)15-19/h2-10,15H,11-14,16H2,1H3,(H,25,29). The second-order valence-electron chi connectivity index (χ2n) is 7.68. The normalized spacial score (nSPS) is 15.5. The summed E-state index contributed by atoms with van der Waals surface area (Å²) in [6, 6.07) is 14.1. The van der Waals surface area contributed by atoms with Gasteiger partial charge in [-0.15, -0.1) is 0 Å². The first-order chi connectivity index (χ1) is 14.2. The average molecular weight is 384 g/mol. The lowest BCUT2D eigenvalue weighted by Gasteiger charge is -2.26. The molecule has 29 heavy (non-hydrogen) atoms. The van der Waals surface area contributed by atoms with E-state index in [1.165, 1.54) is 16.8 Å². The van der Waals surface area contributed by atoms with Crippen LogP contribution in [0.3, 0.4) is 0 Å². The fourth-order valence-corrected chi connectivity index (χ4v) is 4.13. The maximum Gasteiger partial charge on any atom is 0.251 e. The molecule has 1 aromatic heterocycles. The number of aromatic nitrogens is 2. The number of carbonyl (C=O) groups excluding carboxylic acids is 1. The first kappa shape index (κ1) is 17.7. The van der Waals surface area contributed by atoms with Gasteiger partial charge in [0.15, 0.2) is 0 Å². The molecule has 1 aliphatic carbocycles. The number of aryl methyl sites for hydroxylation is 1. The lowest BCUT2D eigenvalue weighted by atomic mass is 10.00. The summed E-state index contributed by atoms with van der Waals surface area (Å²) in [7, 11) is 1.98. The average Bonchev–Trinajstić information content (AvgIpc) is 2.88. The molecule has 0 saturated carbocycles. The van der Waals surface area contributed by atoms with Crippen LogP contribution in [-0.2, 0) is 26.4 Å². The van der Waals surface area contributed by atoms with Gasteiger partial charge in [0.25, 0.3) is 5.91 Å². The van der Waals surface area contributed by atoms with Gasteiger partial charge in [-0.05, 0) is 60.4 Å². The van der Waals surface area contributed by atoms with Gasteiger partial charge >= 0.3 is 0 Å². The van der Waals surface area contributed by atoms with Crippen LogP contribution in [0.15, 0.2) is 66.4 Å². The summed E-state index contributed by atoms with van der Waals surface area (Å²) >= 11 is 0. The Kier molecular flexibility index (Phi) is 4.43. The van der Waals surface area contributed by atoms with Crippen molar-refractivity contribution >= 4 is 16.9 Å². The highest BCUT2D eigenvalue weighted by atomic mass is 16.1. The number of allylic oxidation sites excluding steroid dienone is 3. The lowest BCUT2D eigenvalue weighted by molar-refractivity contribution is 0.0949. The molecule has 0 fully saturated rings. The molecule has 5 heteroatoms. The van der Waals surface area contributed by atoms with Crippen molar-refractivity contribution in [2.75, 3.05) is 13.1 Å². The minimum atomic E-state index is -0.0504. The number of hydrogen-bond donors (Lipinski definition) is 1. The predicted octanol–water partition coefficient (Wildman–Crippen LogP) is 3.36. The van der Waals surface area contributed by atoms with Crippen LogP contribution in [0, 0.1) is 0 Å². The summed E-state index contributed by atoms with van der Waals surface area (Å²) < 4.78 is 2.03. The van der Waals surface area contributed by atoms with Crippen LogP contribution < -0.4 is 5.32 Å². The Bertz CT molecular complexity index is 1150. The highest BCUT2D eigenvalue weighted by Gasteiger charge is 2.18. The van der Waals surface area contributed by atoms with Crippen LogP contribution in [0.25, 0.3) is 11.0 Å². The van der Waals surface area contributed by atoms with Crippen LogP contribution in [0.5, 0.6) is 0 Å². The van der Waals surface area contributed by atoms with Crippen molar-refractivity contribution in [2.24, 2.45) is 7.05 Å². The zero-order chi connectivity index (χ0) is 19.8. The molecule has 0 bridgehead atoms. The number of amides is 1. The van der Waals surface area contributed by atoms with E-state index in [4.69, 9.17) is 0 Å². The SMILES string of the molecule is Cn1c(CNC(=O)c2ccc3c(c2)CCN(C2=CC=C2)CC3)nc2ccccc21. The van der Waals surface area contributed by atoms with E-state index < -0.39 is 0 Å². The molecule has 1 aliphatic heterocycles. The molecule has 0 spiro atoms. The minimum absolute atomic E-state index is 0.0504. The molecule has 146 valence electrons. The zero-order valence-electron chi connectivity index (χ0n) is 16.6. The topological polar surface area (TPSA) is 50.2 Å². The molecule has 0 saturated heterocycles. The van der Waals surface area contributed by atoms with Crippen molar-refractivity contribution in [1.29, 1.82) is 0 Å². The maximum absolute atomic E-state index is 12.8. The molecule has 5 rings (SSSR count). The summed E-state index contributed by atoms with van der Waals surface area (Å²) in [6.07, 6.45) is 8.39. The molecule has 2 aromatic carbocycles. The monoisotopic (exact) mass is 384 g/mol. The van der Waals surface area contributed by atoms with E-state index in [9.17, 15) is 4.79 Å². The van der Waals surface area contributed by atoms with Gasteiger partial charge in [-0.3, -0.25) is 4.79 Å². The van der Waals surface area contributed by atoms with Crippen molar-refractivity contribution in [2.45, 2.75) is 19.4 Å². The number of benzene rings is 2. The number of carbonyl (C=O) groups is 1. The van der Waals surface area contributed by atoms with E-state index in [-0.39, 0.29) is 5.91 Å². The van der Waals surface area contributed by atoms with Crippen LogP contribution in [0.4, 0.5) is 0 Å². The largest absolute Gasteiger partial charge is 0.371 e. The summed E-state index contributed by atoms with van der Waals surface area (Å²) in [5, 5.41) is 3.03. The van der Waals surface area contributed by atoms with Gasteiger partial charge in [-0.2, -0.15) is 0 Å². The fraction of sp³-hybridized carbons (Fsp3) is 0.250. The molecule has 0 atom stereocenters. The van der Waals surface area contributed by atoms with E-state index in [2.05, 4.69) is 45.6 Å². The number of nitrogens with one attached hydrogen (secondary N) is 1. The van der Waals surface area contributed by atoms with Crippen molar-refractivity contribution in [1.82, 2.24) is 19.8 Å². The zero-order valence-corrected chi connectivity index (χ0v) is 16.6. The number of imidazole rings is 1. The third kappa shape index (κ3) is 3.33. The van der Waals surface area contributed by atoms with E-state index >= 15 is 0 Å². The molecule has 2 heterocycles. The summed E-state index contributed by atoms with van der Waals surface area (Å²) in [5.74, 6) is 0.803. The number of fused-ring (bicyclic) bond motifs is 2. The second kappa shape index (κ2) is 7.24. The van der Waals surface area contributed by atoms with Gasteiger partial charge < -0.3 is 14.8 Å². The predicted molar refractivity (Wildman–Crippen MR) is 115 cm³/mol. The van der Waals surface area contributed by atoms with Gasteiger partial charge in [0.05, 0.1) is 17.6 Å². The number of hydrogen-bond acceptors (Lipinski definition) is 3. The number of para-hydroxylation sites is 2. The Hall–Kier alpha value is -3.34. The van der Waals surface area contributed by atoms with E-state index in [1.807, 2.05) is 41.9 Å². The molecule has 1 amide bonds. The molecular formula is C24H24N4O. The van der Waals surface area contributed by atoms with Gasteiger partial charge in [0.2, 0.25) is 0 Å². The highest BCUT2D eigenvalue weighted by Crippen LogP contribution is 2.22. The Morgan fingerprint density at radius 2 is 1.90 bits per heavy atom. The van der Waals surface area contributed by atoms with E-state index in [0.717, 1.165) is 48.4 Å². The van der Waals surface area contributed by atoms with Gasteiger partial charge in [-0.25, -0.2) is 4.98 Å². The molecule has 0 unspecified atom stereocenters. The van der Waals surface area contributed by atoms with Crippen molar-refractivity contribution in [3.63, 3.8) is 0 Å². The van der Waals surface area contributed by atoms with Gasteiger partial charge in [0.1, 0.15) is 5.82 Å². The fourth-order valence-electron chi connectivity index (χ4n) is 4.13. The minimum Gasteiger partial charge on any atom is -0.371 e. The number of rotatable bonds is 4. The quantitative estimate of drug-likeness (QED) is 0.750. The van der Waals surface area contributed by atoms with E-state index in [0.29, 0.717) is 6.54 Å². The van der Waals surface area contributed by atoms with Crippen molar-refractivity contribution in [3.05, 3.63) is 88.9 Å². The molecule has 5 nitrogen and oxygen atoms in total. The summed E-state index contributed by atoms with van der Waals surface area (Å²) in [5.41, 5.74) is 6.69. The summed E-state index contributed by atoms with van der Waals surface area (Å²) in [4.78, 5) is 19.8. The van der Waals surface area contributed by atoms with Crippen LogP contribution >= 0.6 is 0 Å². The first-order valence-corrected chi connectivity index (χ1v) is 10.1.